The molecule has 1 aromatic carbocycles. The summed E-state index contributed by atoms with van der Waals surface area (Å²) in [6.45, 7) is 2.96. The number of ketones is 1. The zero-order valence-corrected chi connectivity index (χ0v) is 14.3. The van der Waals surface area contributed by atoms with Gasteiger partial charge in [0.25, 0.3) is 0 Å². The molecule has 0 saturated heterocycles. The average molecular weight is 335 g/mol. The first-order chi connectivity index (χ1) is 11.3. The zero-order chi connectivity index (χ0) is 18.5. The first kappa shape index (κ1) is 21.5. The molecule has 1 aromatic rings. The van der Waals surface area contributed by atoms with Crippen molar-refractivity contribution in [2.45, 2.75) is 19.8 Å². The minimum atomic E-state index is -1.26. The molecule has 0 aliphatic heterocycles. The van der Waals surface area contributed by atoms with E-state index in [1.807, 2.05) is 44.4 Å². The van der Waals surface area contributed by atoms with Gasteiger partial charge in [0.05, 0.1) is 0 Å². The van der Waals surface area contributed by atoms with E-state index >= 15 is 0 Å². The molecule has 0 amide bonds. The number of Topliss-reactive ketones (excluding diaryl/α,β-unsaturated/α-hetero) is 1. The third-order valence-electron chi connectivity index (χ3n) is 3.02. The van der Waals surface area contributed by atoms with Crippen molar-refractivity contribution in [1.82, 2.24) is 4.90 Å². The van der Waals surface area contributed by atoms with Crippen molar-refractivity contribution in [2.75, 3.05) is 20.6 Å². The fourth-order valence-electron chi connectivity index (χ4n) is 2.08. The van der Waals surface area contributed by atoms with Gasteiger partial charge in [0.15, 0.2) is 5.78 Å². The number of benzene rings is 1. The fourth-order valence-corrected chi connectivity index (χ4v) is 2.08. The number of carboxylic acids is 2. The third-order valence-corrected chi connectivity index (χ3v) is 3.02. The predicted octanol–water partition coefficient (Wildman–Crippen LogP) is 2.56. The van der Waals surface area contributed by atoms with Gasteiger partial charge in [0, 0.05) is 30.2 Å². The monoisotopic (exact) mass is 335 g/mol. The molecule has 2 N–H and O–H groups in total. The summed E-state index contributed by atoms with van der Waals surface area (Å²) in [5.41, 5.74) is 0.836. The van der Waals surface area contributed by atoms with E-state index in [0.717, 1.165) is 24.9 Å². The minimum Gasteiger partial charge on any atom is -0.478 e. The molecular formula is C18H25NO5. The van der Waals surface area contributed by atoms with Crippen LogP contribution < -0.4 is 0 Å². The van der Waals surface area contributed by atoms with Crippen LogP contribution in [0.15, 0.2) is 42.5 Å². The predicted molar refractivity (Wildman–Crippen MR) is 92.1 cm³/mol. The van der Waals surface area contributed by atoms with Gasteiger partial charge in [0.2, 0.25) is 0 Å². The van der Waals surface area contributed by atoms with Crippen molar-refractivity contribution in [3.05, 3.63) is 48.0 Å². The van der Waals surface area contributed by atoms with E-state index in [1.165, 1.54) is 0 Å². The van der Waals surface area contributed by atoms with Crippen LogP contribution in [0.25, 0.3) is 0 Å². The van der Waals surface area contributed by atoms with Crippen LogP contribution >= 0.6 is 0 Å². The number of carbonyl (C=O) groups excluding carboxylic acids is 1. The lowest BCUT2D eigenvalue weighted by Crippen LogP contribution is -2.27. The first-order valence-corrected chi connectivity index (χ1v) is 7.65. The molecule has 1 unspecified atom stereocenters. The summed E-state index contributed by atoms with van der Waals surface area (Å²) in [7, 11) is 4.03. The SMILES string of the molecule is CCCC(CN(C)C)C(=O)c1ccccc1.O=C(O)/C=C\C(=O)O. The molecule has 1 atom stereocenters. The Morgan fingerprint density at radius 2 is 1.54 bits per heavy atom. The molecular weight excluding hydrogens is 310 g/mol. The van der Waals surface area contributed by atoms with Crippen LogP contribution in [0.3, 0.4) is 0 Å². The quantitative estimate of drug-likeness (QED) is 0.560. The van der Waals surface area contributed by atoms with E-state index in [0.29, 0.717) is 12.2 Å². The van der Waals surface area contributed by atoms with Gasteiger partial charge in [-0.1, -0.05) is 43.7 Å². The van der Waals surface area contributed by atoms with Crippen molar-refractivity contribution in [1.29, 1.82) is 0 Å². The van der Waals surface area contributed by atoms with Crippen LogP contribution in [0.4, 0.5) is 0 Å². The molecule has 0 aromatic heterocycles. The van der Waals surface area contributed by atoms with E-state index < -0.39 is 11.9 Å². The Hall–Kier alpha value is -2.47. The lowest BCUT2D eigenvalue weighted by Gasteiger charge is -2.19. The molecule has 24 heavy (non-hydrogen) atoms. The fraction of sp³-hybridized carbons (Fsp3) is 0.389. The van der Waals surface area contributed by atoms with Crippen molar-refractivity contribution < 1.29 is 24.6 Å². The standard InChI is InChI=1S/C14H21NO.C4H4O4/c1-4-8-13(11-15(2)3)14(16)12-9-6-5-7-10-12;5-3(6)1-2-4(7)8/h5-7,9-10,13H,4,8,11H2,1-3H3;1-2H,(H,5,6)(H,7,8)/b;2-1-. The van der Waals surface area contributed by atoms with Crippen LogP contribution in [0, 0.1) is 5.92 Å². The third kappa shape index (κ3) is 10.3. The Bertz CT molecular complexity index is 536. The Balaban J connectivity index is 0.000000561. The molecule has 0 aliphatic rings. The van der Waals surface area contributed by atoms with Crippen LogP contribution in [0.1, 0.15) is 30.1 Å². The molecule has 6 heteroatoms. The van der Waals surface area contributed by atoms with Gasteiger partial charge in [-0.05, 0) is 20.5 Å². The normalized spacial score (nSPS) is 11.7. The number of carboxylic acid groups (broad SMARTS) is 2. The van der Waals surface area contributed by atoms with Gasteiger partial charge >= 0.3 is 11.9 Å². The second kappa shape index (κ2) is 12.0. The van der Waals surface area contributed by atoms with E-state index in [1.54, 1.807) is 0 Å². The van der Waals surface area contributed by atoms with Crippen LogP contribution in [0.2, 0.25) is 0 Å². The number of hydrogen-bond donors (Lipinski definition) is 2. The van der Waals surface area contributed by atoms with Crippen LogP contribution in [-0.4, -0.2) is 53.5 Å². The number of aliphatic carboxylic acids is 2. The number of rotatable bonds is 8. The number of hydrogen-bond acceptors (Lipinski definition) is 4. The number of nitrogens with zero attached hydrogens (tertiary/aromatic N) is 1. The Morgan fingerprint density at radius 3 is 1.92 bits per heavy atom. The van der Waals surface area contributed by atoms with Crippen molar-refractivity contribution >= 4 is 17.7 Å². The molecule has 0 aliphatic carbocycles. The van der Waals surface area contributed by atoms with Gasteiger partial charge in [-0.25, -0.2) is 9.59 Å². The molecule has 0 fully saturated rings. The lowest BCUT2D eigenvalue weighted by atomic mass is 9.93. The highest BCUT2D eigenvalue weighted by Crippen LogP contribution is 2.15. The molecule has 0 radical (unpaired) electrons. The highest BCUT2D eigenvalue weighted by Gasteiger charge is 2.19. The average Bonchev–Trinajstić information content (AvgIpc) is 2.53. The summed E-state index contributed by atoms with van der Waals surface area (Å²) in [5, 5.41) is 15.6. The molecule has 1 rings (SSSR count). The van der Waals surface area contributed by atoms with Gasteiger partial charge in [0.1, 0.15) is 0 Å². The summed E-state index contributed by atoms with van der Waals surface area (Å²) < 4.78 is 0. The Morgan fingerprint density at radius 1 is 1.04 bits per heavy atom. The maximum Gasteiger partial charge on any atom is 0.328 e. The highest BCUT2D eigenvalue weighted by atomic mass is 16.4. The van der Waals surface area contributed by atoms with Gasteiger partial charge in [-0.15, -0.1) is 0 Å². The van der Waals surface area contributed by atoms with Crippen molar-refractivity contribution in [2.24, 2.45) is 5.92 Å². The van der Waals surface area contributed by atoms with E-state index in [4.69, 9.17) is 10.2 Å². The molecule has 0 bridgehead atoms. The molecule has 0 saturated carbocycles. The smallest absolute Gasteiger partial charge is 0.328 e. The summed E-state index contributed by atoms with van der Waals surface area (Å²) in [4.78, 5) is 33.4. The summed E-state index contributed by atoms with van der Waals surface area (Å²) in [6, 6.07) is 9.59. The molecule has 132 valence electrons. The Labute approximate surface area is 142 Å². The summed E-state index contributed by atoms with van der Waals surface area (Å²) >= 11 is 0. The van der Waals surface area contributed by atoms with E-state index in [-0.39, 0.29) is 11.7 Å². The van der Waals surface area contributed by atoms with E-state index in [9.17, 15) is 14.4 Å². The lowest BCUT2D eigenvalue weighted by molar-refractivity contribution is -0.134. The van der Waals surface area contributed by atoms with Crippen LogP contribution in [-0.2, 0) is 9.59 Å². The van der Waals surface area contributed by atoms with Crippen molar-refractivity contribution in [3.8, 4) is 0 Å². The number of carbonyl (C=O) groups is 3. The molecule has 0 spiro atoms. The zero-order valence-electron chi connectivity index (χ0n) is 14.3. The van der Waals surface area contributed by atoms with Gasteiger partial charge in [-0.3, -0.25) is 4.79 Å². The summed E-state index contributed by atoms with van der Waals surface area (Å²) in [6.07, 6.45) is 3.13. The summed E-state index contributed by atoms with van der Waals surface area (Å²) in [5.74, 6) is -2.11. The maximum absolute atomic E-state index is 12.2. The van der Waals surface area contributed by atoms with E-state index in [2.05, 4.69) is 11.8 Å². The maximum atomic E-state index is 12.2. The van der Waals surface area contributed by atoms with Gasteiger partial charge in [-0.2, -0.15) is 0 Å². The van der Waals surface area contributed by atoms with Crippen LogP contribution in [0.5, 0.6) is 0 Å². The largest absolute Gasteiger partial charge is 0.478 e. The minimum absolute atomic E-state index is 0.127. The highest BCUT2D eigenvalue weighted by molar-refractivity contribution is 5.97. The van der Waals surface area contributed by atoms with Crippen molar-refractivity contribution in [3.63, 3.8) is 0 Å². The first-order valence-electron chi connectivity index (χ1n) is 7.65. The topological polar surface area (TPSA) is 94.9 Å². The van der Waals surface area contributed by atoms with Gasteiger partial charge < -0.3 is 15.1 Å². The molecule has 6 nitrogen and oxygen atoms in total. The second-order valence-electron chi connectivity index (χ2n) is 5.49. The second-order valence-corrected chi connectivity index (χ2v) is 5.49. The molecule has 0 heterocycles. The Kier molecular flexibility index (Phi) is 10.8.